The summed E-state index contributed by atoms with van der Waals surface area (Å²) in [6, 6.07) is 12.0. The van der Waals surface area contributed by atoms with Gasteiger partial charge in [0.15, 0.2) is 17.2 Å². The van der Waals surface area contributed by atoms with E-state index in [1.165, 1.54) is 24.3 Å². The first kappa shape index (κ1) is 27.4. The molecule has 3 rings (SSSR count). The summed E-state index contributed by atoms with van der Waals surface area (Å²) in [5.74, 6) is -2.72. The van der Waals surface area contributed by atoms with E-state index < -0.39 is 29.9 Å². The number of esters is 2. The molecule has 2 aromatic rings. The van der Waals surface area contributed by atoms with Crippen LogP contribution in [0.4, 0.5) is 0 Å². The highest BCUT2D eigenvalue weighted by Gasteiger charge is 2.43. The lowest BCUT2D eigenvalue weighted by molar-refractivity contribution is -0.160. The van der Waals surface area contributed by atoms with Gasteiger partial charge in [0.1, 0.15) is 36.9 Å². The first-order chi connectivity index (χ1) is 17.6. The van der Waals surface area contributed by atoms with Crippen molar-refractivity contribution in [2.75, 3.05) is 13.2 Å². The zero-order valence-corrected chi connectivity index (χ0v) is 20.2. The molecule has 2 atom stereocenters. The van der Waals surface area contributed by atoms with Crippen molar-refractivity contribution in [2.45, 2.75) is 44.7 Å². The maximum absolute atomic E-state index is 12.5. The highest BCUT2D eigenvalue weighted by atomic mass is 16.8. The molecule has 1 fully saturated rings. The summed E-state index contributed by atoms with van der Waals surface area (Å²) in [5.41, 5.74) is 0.708. The van der Waals surface area contributed by atoms with Gasteiger partial charge in [0.2, 0.25) is 0 Å². The van der Waals surface area contributed by atoms with Crippen LogP contribution in [0.25, 0.3) is 0 Å². The monoisotopic (exact) mass is 516 g/mol. The molecule has 1 heterocycles. The van der Waals surface area contributed by atoms with Gasteiger partial charge >= 0.3 is 11.9 Å². The number of rotatable bonds is 10. The maximum Gasteiger partial charge on any atom is 0.356 e. The van der Waals surface area contributed by atoms with Crippen molar-refractivity contribution < 1.29 is 49.2 Å². The number of benzene rings is 2. The number of carbonyl (C=O) groups excluding carboxylic acids is 2. The van der Waals surface area contributed by atoms with Gasteiger partial charge in [-0.05, 0) is 49.2 Å². The Balaban J connectivity index is 1.55. The van der Waals surface area contributed by atoms with Gasteiger partial charge in [0.25, 0.3) is 0 Å². The molecule has 0 aliphatic carbocycles. The van der Waals surface area contributed by atoms with Crippen molar-refractivity contribution >= 4 is 23.4 Å². The number of nitrogens with zero attached hydrogens (tertiary/aromatic N) is 2. The second-order valence-corrected chi connectivity index (χ2v) is 8.69. The van der Waals surface area contributed by atoms with Crippen LogP contribution in [0.2, 0.25) is 0 Å². The number of phenols is 2. The first-order valence-corrected chi connectivity index (χ1v) is 11.3. The van der Waals surface area contributed by atoms with Crippen LogP contribution in [0.5, 0.6) is 11.5 Å². The lowest BCUT2D eigenvalue weighted by Gasteiger charge is -2.17. The summed E-state index contributed by atoms with van der Waals surface area (Å²) < 4.78 is 22.0. The number of carbonyl (C=O) groups is 2. The van der Waals surface area contributed by atoms with Crippen LogP contribution in [0.1, 0.15) is 25.0 Å². The summed E-state index contributed by atoms with van der Waals surface area (Å²) in [4.78, 5) is 24.9. The van der Waals surface area contributed by atoms with Gasteiger partial charge in [-0.1, -0.05) is 34.6 Å². The van der Waals surface area contributed by atoms with Gasteiger partial charge in [-0.25, -0.2) is 9.59 Å². The Labute approximate surface area is 212 Å². The number of hydrogen-bond acceptors (Lipinski definition) is 12. The number of oxime groups is 2. The topological polar surface area (TPSA) is 177 Å². The van der Waals surface area contributed by atoms with E-state index in [1.54, 1.807) is 38.1 Å². The van der Waals surface area contributed by atoms with Gasteiger partial charge in [-0.3, -0.25) is 0 Å². The predicted octanol–water partition coefficient (Wildman–Crippen LogP) is 2.15. The van der Waals surface area contributed by atoms with Crippen molar-refractivity contribution in [3.05, 3.63) is 59.7 Å². The smallest absolute Gasteiger partial charge is 0.356 e. The van der Waals surface area contributed by atoms with E-state index in [2.05, 4.69) is 10.3 Å². The maximum atomic E-state index is 12.5. The lowest BCUT2D eigenvalue weighted by Crippen LogP contribution is -2.35. The standard InChI is InChI=1S/C25H28N2O10/c1-25(2)36-21(13-34-23(30)19(26-32)11-15-3-7-17(28)8-4-15)22(37-25)14-35-24(31)20(27-33)12-16-5-9-18(29)10-6-16/h3-10,21-22,28-29,32-33H,11-14H2,1-2H3/b26-19+,27-20+/t21-,22+. The summed E-state index contributed by atoms with van der Waals surface area (Å²) in [6.45, 7) is 2.71. The molecule has 0 amide bonds. The average Bonchev–Trinajstić information content (AvgIpc) is 3.18. The van der Waals surface area contributed by atoms with Crippen LogP contribution in [0, 0.1) is 0 Å². The molecule has 198 valence electrons. The molecular weight excluding hydrogens is 488 g/mol. The number of ether oxygens (including phenoxy) is 4. The van der Waals surface area contributed by atoms with Crippen molar-refractivity contribution in [1.29, 1.82) is 0 Å². The van der Waals surface area contributed by atoms with E-state index in [0.29, 0.717) is 11.1 Å². The fourth-order valence-electron chi connectivity index (χ4n) is 3.58. The number of aromatic hydroxyl groups is 2. The summed E-state index contributed by atoms with van der Waals surface area (Å²) >= 11 is 0. The third-order valence-electron chi connectivity index (χ3n) is 5.37. The summed E-state index contributed by atoms with van der Waals surface area (Å²) in [6.07, 6.45) is -1.69. The molecule has 0 bridgehead atoms. The highest BCUT2D eigenvalue weighted by Crippen LogP contribution is 2.29. The molecule has 0 unspecified atom stereocenters. The molecule has 1 saturated heterocycles. The van der Waals surface area contributed by atoms with E-state index >= 15 is 0 Å². The third kappa shape index (κ3) is 7.92. The van der Waals surface area contributed by atoms with Crippen LogP contribution in [0.3, 0.4) is 0 Å². The van der Waals surface area contributed by atoms with Crippen molar-refractivity contribution in [1.82, 2.24) is 0 Å². The van der Waals surface area contributed by atoms with Crippen LogP contribution < -0.4 is 0 Å². The minimum atomic E-state index is -1.06. The fourth-order valence-corrected chi connectivity index (χ4v) is 3.58. The Morgan fingerprint density at radius 2 is 1.11 bits per heavy atom. The summed E-state index contributed by atoms with van der Waals surface area (Å²) in [7, 11) is 0. The molecule has 0 radical (unpaired) electrons. The van der Waals surface area contributed by atoms with Crippen molar-refractivity contribution in [2.24, 2.45) is 10.3 Å². The number of phenolic OH excluding ortho intramolecular Hbond substituents is 2. The van der Waals surface area contributed by atoms with E-state index in [9.17, 15) is 30.2 Å². The second-order valence-electron chi connectivity index (χ2n) is 8.69. The molecular formula is C25H28N2O10. The zero-order chi connectivity index (χ0) is 27.0. The molecule has 0 aromatic heterocycles. The van der Waals surface area contributed by atoms with E-state index in [0.717, 1.165) is 0 Å². The molecule has 1 aliphatic rings. The molecule has 2 aromatic carbocycles. The minimum Gasteiger partial charge on any atom is -0.508 e. The van der Waals surface area contributed by atoms with Crippen molar-refractivity contribution in [3.8, 4) is 11.5 Å². The Kier molecular flexibility index (Phi) is 9.04. The first-order valence-electron chi connectivity index (χ1n) is 11.3. The third-order valence-corrected chi connectivity index (χ3v) is 5.37. The quantitative estimate of drug-likeness (QED) is 0.158. The Morgan fingerprint density at radius 1 is 0.757 bits per heavy atom. The molecule has 12 heteroatoms. The van der Waals surface area contributed by atoms with Crippen molar-refractivity contribution in [3.63, 3.8) is 0 Å². The van der Waals surface area contributed by atoms with Gasteiger partial charge < -0.3 is 39.6 Å². The number of hydrogen-bond donors (Lipinski definition) is 4. The zero-order valence-electron chi connectivity index (χ0n) is 20.2. The highest BCUT2D eigenvalue weighted by molar-refractivity contribution is 6.37. The normalized spacial score (nSPS) is 19.4. The summed E-state index contributed by atoms with van der Waals surface area (Å²) in [5, 5.41) is 43.3. The van der Waals surface area contributed by atoms with Crippen LogP contribution in [0.15, 0.2) is 58.8 Å². The van der Waals surface area contributed by atoms with Crippen LogP contribution in [-0.4, -0.2) is 75.2 Å². The van der Waals surface area contributed by atoms with Gasteiger partial charge in [-0.15, -0.1) is 0 Å². The van der Waals surface area contributed by atoms with Crippen LogP contribution >= 0.6 is 0 Å². The Morgan fingerprint density at radius 3 is 1.43 bits per heavy atom. The second kappa shape index (κ2) is 12.2. The molecule has 12 nitrogen and oxygen atoms in total. The molecule has 37 heavy (non-hydrogen) atoms. The fraction of sp³-hybridized carbons (Fsp3) is 0.360. The molecule has 4 N–H and O–H groups in total. The SMILES string of the molecule is CC1(C)O[C@@H](COC(=O)/C(Cc2ccc(O)cc2)=N/O)[C@@H](COC(=O)/C(Cc2ccc(O)cc2)=N/O)O1. The van der Waals surface area contributed by atoms with Crippen LogP contribution in [-0.2, 0) is 41.4 Å². The Bertz CT molecular complexity index is 1050. The van der Waals surface area contributed by atoms with E-state index in [-0.39, 0.29) is 49.0 Å². The minimum absolute atomic E-state index is 0.0333. The molecule has 0 spiro atoms. The van der Waals surface area contributed by atoms with E-state index in [1.807, 2.05) is 0 Å². The van der Waals surface area contributed by atoms with Gasteiger partial charge in [0, 0.05) is 12.8 Å². The largest absolute Gasteiger partial charge is 0.508 e. The molecule has 0 saturated carbocycles. The molecule has 1 aliphatic heterocycles. The van der Waals surface area contributed by atoms with Gasteiger partial charge in [-0.2, -0.15) is 0 Å². The average molecular weight is 517 g/mol. The Hall–Kier alpha value is -4.16. The van der Waals surface area contributed by atoms with E-state index in [4.69, 9.17) is 18.9 Å². The van der Waals surface area contributed by atoms with Gasteiger partial charge in [0.05, 0.1) is 0 Å². The lowest BCUT2D eigenvalue weighted by atomic mass is 10.1. The predicted molar refractivity (Wildman–Crippen MR) is 128 cm³/mol.